The maximum atomic E-state index is 12.3. The third kappa shape index (κ3) is 7.47. The fourth-order valence-corrected chi connectivity index (χ4v) is 5.80. The molecule has 2 saturated heterocycles. The van der Waals surface area contributed by atoms with Gasteiger partial charge in [-0.15, -0.1) is 0 Å². The number of nitrogens with zero attached hydrogens (tertiary/aromatic N) is 1. The van der Waals surface area contributed by atoms with Crippen molar-refractivity contribution in [1.29, 1.82) is 0 Å². The molecular weight excluding hydrogens is 596 g/mol. The summed E-state index contributed by atoms with van der Waals surface area (Å²) >= 11 is 0. The minimum atomic E-state index is -6.09. The second-order valence-electron chi connectivity index (χ2n) is 8.39. The zero-order valence-corrected chi connectivity index (χ0v) is 21.7. The molecule has 2 aliphatic heterocycles. The van der Waals surface area contributed by atoms with Gasteiger partial charge >= 0.3 is 5.69 Å². The molecule has 2 fully saturated rings. The molecule has 1 aromatic rings. The summed E-state index contributed by atoms with van der Waals surface area (Å²) in [6.45, 7) is -0.289. The third-order valence-electron chi connectivity index (χ3n) is 5.50. The van der Waals surface area contributed by atoms with Gasteiger partial charge in [0.05, 0.1) is 12.6 Å². The molecule has 6 N–H and O–H groups in total. The highest BCUT2D eigenvalue weighted by Gasteiger charge is 2.48. The quantitative estimate of drug-likeness (QED) is 0.133. The van der Waals surface area contributed by atoms with Crippen molar-refractivity contribution >= 4 is 27.5 Å². The lowest BCUT2D eigenvalue weighted by Crippen LogP contribution is -2.66. The average molecular weight is 618 g/mol. The van der Waals surface area contributed by atoms with E-state index in [1.807, 2.05) is 10.3 Å². The Labute approximate surface area is 221 Å². The zero-order chi connectivity index (χ0) is 30.2. The minimum absolute atomic E-state index is 0.670. The van der Waals surface area contributed by atoms with Gasteiger partial charge in [-0.25, -0.2) is 9.11 Å². The molecule has 0 aromatic carbocycles. The molecule has 40 heavy (non-hydrogen) atoms. The van der Waals surface area contributed by atoms with Crippen LogP contribution in [-0.2, 0) is 41.6 Å². The molecule has 2 unspecified atom stereocenters. The molecule has 226 valence electrons. The number of hydrogen-bond donors (Lipinski definition) is 6. The number of aliphatic hydroxyl groups excluding tert-OH is 4. The summed E-state index contributed by atoms with van der Waals surface area (Å²) < 4.78 is 47.6. The topological polar surface area (TPSA) is 331 Å². The van der Waals surface area contributed by atoms with E-state index in [4.69, 9.17) is 9.47 Å². The number of phosphoric ester groups is 2. The van der Waals surface area contributed by atoms with E-state index in [9.17, 15) is 63.6 Å². The van der Waals surface area contributed by atoms with Gasteiger partial charge in [-0.3, -0.25) is 32.8 Å². The van der Waals surface area contributed by atoms with Crippen LogP contribution >= 0.6 is 15.6 Å². The smallest absolute Gasteiger partial charge is 0.330 e. The summed E-state index contributed by atoms with van der Waals surface area (Å²) in [5, 5.41) is 53.3. The van der Waals surface area contributed by atoms with Crippen molar-refractivity contribution in [2.75, 3.05) is 6.61 Å². The van der Waals surface area contributed by atoms with Crippen molar-refractivity contribution in [2.45, 2.75) is 62.1 Å². The SMILES string of the molecule is CC(=O)N[C@@H]1[C@H](OP(=O)([O-])OP(=O)([O-])OC[C@H]2O[C@@H](n3ccc(=O)[nH]c3=O)[C@H](O)[C@@H]2O)O[C@H](C(=O)[O-])[C@@H](O)[C@@H]1O. The van der Waals surface area contributed by atoms with Crippen molar-refractivity contribution < 1.29 is 76.9 Å². The van der Waals surface area contributed by atoms with Crippen molar-refractivity contribution in [3.8, 4) is 0 Å². The number of rotatable bonds is 10. The van der Waals surface area contributed by atoms with Crippen molar-refractivity contribution in [2.24, 2.45) is 0 Å². The van der Waals surface area contributed by atoms with Crippen LogP contribution in [0.25, 0.3) is 0 Å². The van der Waals surface area contributed by atoms with Crippen LogP contribution in [0.15, 0.2) is 21.9 Å². The van der Waals surface area contributed by atoms with Gasteiger partial charge in [-0.2, -0.15) is 0 Å². The number of nitrogens with one attached hydrogen (secondary N) is 2. The van der Waals surface area contributed by atoms with Crippen molar-refractivity contribution in [1.82, 2.24) is 14.9 Å². The first kappa shape index (κ1) is 32.2. The first-order chi connectivity index (χ1) is 18.4. The molecule has 21 nitrogen and oxygen atoms in total. The third-order valence-corrected chi connectivity index (χ3v) is 8.03. The molecule has 0 bridgehead atoms. The molecule has 2 aliphatic rings. The Morgan fingerprint density at radius 3 is 2.30 bits per heavy atom. The van der Waals surface area contributed by atoms with Gasteiger partial charge in [0.25, 0.3) is 21.2 Å². The zero-order valence-electron chi connectivity index (χ0n) is 19.9. The summed E-state index contributed by atoms with van der Waals surface area (Å²) in [5.74, 6) is -3.06. The van der Waals surface area contributed by atoms with Gasteiger partial charge in [0.2, 0.25) is 5.91 Å². The number of amides is 1. The summed E-state index contributed by atoms with van der Waals surface area (Å²) in [6.07, 6.45) is -15.4. The average Bonchev–Trinajstić information content (AvgIpc) is 3.09. The normalized spacial score (nSPS) is 35.4. The maximum absolute atomic E-state index is 12.3. The molecule has 3 heterocycles. The number of aliphatic hydroxyl groups is 4. The van der Waals surface area contributed by atoms with Gasteiger partial charge in [0, 0.05) is 19.2 Å². The van der Waals surface area contributed by atoms with Crippen LogP contribution in [0.4, 0.5) is 0 Å². The number of aliphatic carboxylic acids is 1. The second kappa shape index (κ2) is 12.2. The van der Waals surface area contributed by atoms with Crippen LogP contribution in [-0.4, -0.2) is 97.4 Å². The van der Waals surface area contributed by atoms with Gasteiger partial charge < -0.3 is 59.4 Å². The Bertz CT molecular complexity index is 1320. The van der Waals surface area contributed by atoms with E-state index >= 15 is 0 Å². The number of carboxylic acid groups (broad SMARTS) is 1. The molecule has 0 spiro atoms. The highest BCUT2D eigenvalue weighted by Crippen LogP contribution is 2.57. The van der Waals surface area contributed by atoms with Crippen molar-refractivity contribution in [3.63, 3.8) is 0 Å². The van der Waals surface area contributed by atoms with Gasteiger partial charge in [-0.1, -0.05) is 0 Å². The number of ether oxygens (including phenoxy) is 2. The Balaban J connectivity index is 1.68. The van der Waals surface area contributed by atoms with E-state index < -0.39 is 101 Å². The van der Waals surface area contributed by atoms with Gasteiger partial charge in [0.1, 0.15) is 42.7 Å². The van der Waals surface area contributed by atoms with Crippen LogP contribution in [0.1, 0.15) is 13.2 Å². The monoisotopic (exact) mass is 618 g/mol. The number of phosphoric acid groups is 2. The van der Waals surface area contributed by atoms with Crippen molar-refractivity contribution in [3.05, 3.63) is 33.1 Å². The Hall–Kier alpha value is -2.36. The summed E-state index contributed by atoms with van der Waals surface area (Å²) in [4.78, 5) is 72.0. The van der Waals surface area contributed by atoms with E-state index in [0.717, 1.165) is 19.2 Å². The molecular formula is C17H22N3O18P2-3. The fraction of sp³-hybridized carbons (Fsp3) is 0.647. The standard InChI is InChI=1S/C17H25N3O18P2/c1-5(21)18-8-10(24)11(25)13(15(27)28)36-16(8)37-40(32,33)38-39(30,31)34-4-6-9(23)12(26)14(35-6)20-3-2-7(22)19-17(20)29/h2-3,6,8-14,16,23-26H,4H2,1H3,(H,18,21)(H,27,28)(H,30,31)(H,32,33)(H,19,22,29)/p-3/t6-,8+,9-,10-,11+,12-,13+,14-,16+/m1/s1. The Morgan fingerprint density at radius 2 is 1.73 bits per heavy atom. The highest BCUT2D eigenvalue weighted by molar-refractivity contribution is 7.59. The number of carbonyl (C=O) groups excluding carboxylic acids is 2. The Morgan fingerprint density at radius 1 is 1.07 bits per heavy atom. The number of carboxylic acids is 1. The minimum Gasteiger partial charge on any atom is -0.756 e. The van der Waals surface area contributed by atoms with Gasteiger partial charge in [-0.05, 0) is 0 Å². The van der Waals surface area contributed by atoms with Gasteiger partial charge in [0.15, 0.2) is 12.5 Å². The summed E-state index contributed by atoms with van der Waals surface area (Å²) in [6, 6.07) is -1.06. The first-order valence-corrected chi connectivity index (χ1v) is 13.8. The van der Waals surface area contributed by atoms with Crippen LogP contribution in [0.5, 0.6) is 0 Å². The fourth-order valence-electron chi connectivity index (χ4n) is 3.72. The second-order valence-corrected chi connectivity index (χ2v) is 11.3. The predicted octanol–water partition coefficient (Wildman–Crippen LogP) is -7.16. The lowest BCUT2D eigenvalue weighted by atomic mass is 9.97. The lowest BCUT2D eigenvalue weighted by Gasteiger charge is -2.44. The molecule has 11 atom stereocenters. The molecule has 0 aliphatic carbocycles. The van der Waals surface area contributed by atoms with E-state index in [0.29, 0.717) is 4.57 Å². The highest BCUT2D eigenvalue weighted by atomic mass is 31.3. The van der Waals surface area contributed by atoms with Crippen LogP contribution in [0.2, 0.25) is 0 Å². The first-order valence-electron chi connectivity index (χ1n) is 10.9. The lowest BCUT2D eigenvalue weighted by molar-refractivity contribution is -0.340. The van der Waals surface area contributed by atoms with E-state index in [2.05, 4.69) is 13.4 Å². The predicted molar refractivity (Wildman–Crippen MR) is 114 cm³/mol. The summed E-state index contributed by atoms with van der Waals surface area (Å²) in [5.41, 5.74) is -1.83. The maximum Gasteiger partial charge on any atom is 0.330 e. The molecule has 0 saturated carbocycles. The number of H-pyrrole nitrogens is 1. The van der Waals surface area contributed by atoms with E-state index in [1.165, 1.54) is 0 Å². The van der Waals surface area contributed by atoms with E-state index in [1.54, 1.807) is 0 Å². The Kier molecular flexibility index (Phi) is 9.85. The van der Waals surface area contributed by atoms with E-state index in [-0.39, 0.29) is 0 Å². The molecule has 1 amide bonds. The number of aromatic nitrogens is 2. The largest absolute Gasteiger partial charge is 0.756 e. The van der Waals surface area contributed by atoms with Crippen LogP contribution in [0.3, 0.4) is 0 Å². The van der Waals surface area contributed by atoms with Crippen LogP contribution < -0.4 is 31.5 Å². The number of carbonyl (C=O) groups is 2. The number of aromatic amines is 1. The number of hydrogen-bond acceptors (Lipinski definition) is 18. The summed E-state index contributed by atoms with van der Waals surface area (Å²) in [7, 11) is -12.0. The molecule has 0 radical (unpaired) electrons. The molecule has 1 aromatic heterocycles. The molecule has 3 rings (SSSR count). The van der Waals surface area contributed by atoms with Crippen LogP contribution in [0, 0.1) is 0 Å². The molecule has 23 heteroatoms.